The molecule has 4 nitrogen and oxygen atoms in total. The lowest BCUT2D eigenvalue weighted by atomic mass is 10.2. The fraction of sp³-hybridized carbons (Fsp3) is 0.118. The van der Waals surface area contributed by atoms with E-state index in [1.165, 1.54) is 47.8 Å². The second kappa shape index (κ2) is 11.6. The Morgan fingerprint density at radius 2 is 1.37 bits per heavy atom. The van der Waals surface area contributed by atoms with E-state index in [4.69, 9.17) is 5.73 Å². The molecular weight excluding hydrogens is 526 g/mol. The van der Waals surface area contributed by atoms with Crippen LogP contribution < -0.4 is 5.73 Å². The van der Waals surface area contributed by atoms with Crippen LogP contribution in [0.5, 0.6) is 0 Å². The van der Waals surface area contributed by atoms with Crippen molar-refractivity contribution >= 4 is 71.6 Å². The van der Waals surface area contributed by atoms with Crippen LogP contribution in [-0.2, 0) is 0 Å². The molecule has 0 unspecified atom stereocenters. The maximum atomic E-state index is 13.4. The lowest BCUT2D eigenvalue weighted by Crippen LogP contribution is -2.12. The van der Waals surface area contributed by atoms with Gasteiger partial charge in [0, 0.05) is 8.95 Å². The average molecular weight is 540 g/mol. The number of amides is 2. The number of nitrogens with two attached hydrogens (primary N) is 1. The second-order valence-electron chi connectivity index (χ2n) is 4.70. The highest BCUT2D eigenvalue weighted by Gasteiger charge is 2.12. The van der Waals surface area contributed by atoms with Gasteiger partial charge in [0.15, 0.2) is 0 Å². The predicted octanol–water partition coefficient (Wildman–Crippen LogP) is 5.50. The van der Waals surface area contributed by atoms with Gasteiger partial charge in [-0.05, 0) is 48.9 Å². The summed E-state index contributed by atoms with van der Waals surface area (Å²) >= 11 is 8.91. The SMILES string of the molecule is CSC(=NC(=O)c1ccc(Br)cc1F)SC.NC(=O)c1ccc(Br)cc1F. The van der Waals surface area contributed by atoms with Gasteiger partial charge >= 0.3 is 0 Å². The molecule has 2 aromatic rings. The van der Waals surface area contributed by atoms with E-state index in [0.717, 1.165) is 0 Å². The molecule has 0 heterocycles. The molecule has 0 bridgehead atoms. The normalized spacial score (nSPS) is 9.85. The number of carbonyl (C=O) groups excluding carboxylic acids is 2. The number of primary amides is 1. The molecular formula is C17H14Br2F2N2O2S2. The van der Waals surface area contributed by atoms with Crippen molar-refractivity contribution in [3.05, 3.63) is 68.1 Å². The number of rotatable bonds is 2. The van der Waals surface area contributed by atoms with E-state index >= 15 is 0 Å². The fourth-order valence-corrected chi connectivity index (χ4v) is 3.35. The van der Waals surface area contributed by atoms with Gasteiger partial charge in [-0.2, -0.15) is 4.99 Å². The van der Waals surface area contributed by atoms with E-state index in [0.29, 0.717) is 13.3 Å². The first-order valence-electron chi connectivity index (χ1n) is 7.10. The van der Waals surface area contributed by atoms with Crippen LogP contribution in [0.4, 0.5) is 8.78 Å². The third-order valence-corrected chi connectivity index (χ3v) is 5.77. The number of hydrogen-bond donors (Lipinski definition) is 1. The Morgan fingerprint density at radius 1 is 0.926 bits per heavy atom. The van der Waals surface area contributed by atoms with Crippen LogP contribution in [-0.4, -0.2) is 28.7 Å². The summed E-state index contributed by atoms with van der Waals surface area (Å²) in [4.78, 5) is 26.0. The van der Waals surface area contributed by atoms with E-state index in [9.17, 15) is 18.4 Å². The van der Waals surface area contributed by atoms with Crippen molar-refractivity contribution in [3.63, 3.8) is 0 Å². The number of thioether (sulfide) groups is 2. The summed E-state index contributed by atoms with van der Waals surface area (Å²) in [6.45, 7) is 0. The van der Waals surface area contributed by atoms with E-state index in [-0.39, 0.29) is 11.1 Å². The minimum atomic E-state index is -0.755. The van der Waals surface area contributed by atoms with E-state index in [1.807, 2.05) is 12.5 Å². The number of nitrogens with zero attached hydrogens (tertiary/aromatic N) is 1. The Hall–Kier alpha value is -1.23. The van der Waals surface area contributed by atoms with Gasteiger partial charge in [0.2, 0.25) is 0 Å². The molecule has 10 heteroatoms. The van der Waals surface area contributed by atoms with Crippen LogP contribution in [0.15, 0.2) is 50.3 Å². The Morgan fingerprint density at radius 3 is 1.74 bits per heavy atom. The molecule has 0 aliphatic heterocycles. The van der Waals surface area contributed by atoms with Crippen LogP contribution in [0.25, 0.3) is 0 Å². The van der Waals surface area contributed by atoms with Gasteiger partial charge < -0.3 is 5.73 Å². The summed E-state index contributed by atoms with van der Waals surface area (Å²) in [6.07, 6.45) is 3.64. The number of hydrogen-bond acceptors (Lipinski definition) is 4. The van der Waals surface area contributed by atoms with Crippen molar-refractivity contribution in [2.24, 2.45) is 10.7 Å². The molecule has 2 amide bonds. The third kappa shape index (κ3) is 7.73. The molecule has 0 aromatic heterocycles. The zero-order chi connectivity index (χ0) is 20.6. The van der Waals surface area contributed by atoms with Crippen molar-refractivity contribution in [2.75, 3.05) is 12.5 Å². The zero-order valence-corrected chi connectivity index (χ0v) is 18.9. The van der Waals surface area contributed by atoms with Crippen molar-refractivity contribution in [1.82, 2.24) is 0 Å². The predicted molar refractivity (Wildman–Crippen MR) is 116 cm³/mol. The van der Waals surface area contributed by atoms with Gasteiger partial charge in [-0.3, -0.25) is 9.59 Å². The maximum absolute atomic E-state index is 13.4. The third-order valence-electron chi connectivity index (χ3n) is 2.90. The Kier molecular flexibility index (Phi) is 10.2. The highest BCUT2D eigenvalue weighted by Crippen LogP contribution is 2.18. The molecule has 0 spiro atoms. The number of benzene rings is 2. The van der Waals surface area contributed by atoms with Crippen LogP contribution in [0.3, 0.4) is 0 Å². The maximum Gasteiger partial charge on any atom is 0.281 e. The lowest BCUT2D eigenvalue weighted by molar-refractivity contribution is 0.0989. The van der Waals surface area contributed by atoms with Gasteiger partial charge in [-0.1, -0.05) is 31.9 Å². The monoisotopic (exact) mass is 538 g/mol. The molecule has 27 heavy (non-hydrogen) atoms. The minimum Gasteiger partial charge on any atom is -0.366 e. The van der Waals surface area contributed by atoms with Crippen molar-refractivity contribution < 1.29 is 18.4 Å². The van der Waals surface area contributed by atoms with Gasteiger partial charge in [0.25, 0.3) is 11.8 Å². The van der Waals surface area contributed by atoms with Crippen molar-refractivity contribution in [3.8, 4) is 0 Å². The largest absolute Gasteiger partial charge is 0.366 e. The highest BCUT2D eigenvalue weighted by molar-refractivity contribution is 9.10. The summed E-state index contributed by atoms with van der Waals surface area (Å²) in [5, 5.41) is 0. The Labute approximate surface area is 180 Å². The summed E-state index contributed by atoms with van der Waals surface area (Å²) in [7, 11) is 0. The standard InChI is InChI=1S/C10H9BrFNOS2.C7H5BrFNO/c1-15-10(16-2)13-9(14)7-4-3-6(11)5-8(7)12;8-4-1-2-5(7(10)11)6(9)3-4/h3-5H,1-2H3;1-3H,(H2,10,11). The summed E-state index contributed by atoms with van der Waals surface area (Å²) in [5.41, 5.74) is 4.77. The molecule has 0 atom stereocenters. The van der Waals surface area contributed by atoms with Crippen LogP contribution >= 0.6 is 55.4 Å². The average Bonchev–Trinajstić information content (AvgIpc) is 2.59. The van der Waals surface area contributed by atoms with Gasteiger partial charge in [-0.25, -0.2) is 8.78 Å². The van der Waals surface area contributed by atoms with Gasteiger partial charge in [-0.15, -0.1) is 23.5 Å². The minimum absolute atomic E-state index is 0.0104. The number of carbonyl (C=O) groups is 2. The van der Waals surface area contributed by atoms with Crippen LogP contribution in [0.1, 0.15) is 20.7 Å². The van der Waals surface area contributed by atoms with E-state index < -0.39 is 23.4 Å². The molecule has 2 aromatic carbocycles. The summed E-state index contributed by atoms with van der Waals surface area (Å²) in [5.74, 6) is -2.48. The van der Waals surface area contributed by atoms with E-state index in [1.54, 1.807) is 12.1 Å². The van der Waals surface area contributed by atoms with Gasteiger partial charge in [0.1, 0.15) is 16.0 Å². The smallest absolute Gasteiger partial charge is 0.281 e. The molecule has 0 fully saturated rings. The molecule has 2 N–H and O–H groups in total. The second-order valence-corrected chi connectivity index (χ2v) is 8.38. The van der Waals surface area contributed by atoms with Crippen molar-refractivity contribution in [2.45, 2.75) is 0 Å². The van der Waals surface area contributed by atoms with E-state index in [2.05, 4.69) is 36.9 Å². The fourth-order valence-electron chi connectivity index (χ4n) is 1.67. The lowest BCUT2D eigenvalue weighted by Gasteiger charge is -2.00. The molecule has 0 aliphatic carbocycles. The molecule has 0 radical (unpaired) electrons. The number of aliphatic imine (C=N–C) groups is 1. The molecule has 0 saturated heterocycles. The molecule has 0 aliphatic rings. The first-order valence-corrected chi connectivity index (χ1v) is 11.1. The molecule has 144 valence electrons. The van der Waals surface area contributed by atoms with Crippen LogP contribution in [0, 0.1) is 11.6 Å². The zero-order valence-electron chi connectivity index (χ0n) is 14.1. The summed E-state index contributed by atoms with van der Waals surface area (Å²) in [6, 6.07) is 8.37. The Balaban J connectivity index is 0.000000289. The van der Waals surface area contributed by atoms with Gasteiger partial charge in [0.05, 0.1) is 11.1 Å². The molecule has 2 rings (SSSR count). The van der Waals surface area contributed by atoms with Crippen molar-refractivity contribution in [1.29, 1.82) is 0 Å². The van der Waals surface area contributed by atoms with Crippen LogP contribution in [0.2, 0.25) is 0 Å². The highest BCUT2D eigenvalue weighted by atomic mass is 79.9. The first-order chi connectivity index (χ1) is 12.7. The quantitative estimate of drug-likeness (QED) is 0.404. The first kappa shape index (κ1) is 23.8. The topological polar surface area (TPSA) is 72.5 Å². The Bertz CT molecular complexity index is 874. The summed E-state index contributed by atoms with van der Waals surface area (Å²) < 4.78 is 28.0. The number of halogens is 4. The molecule has 0 saturated carbocycles.